The fourth-order valence-corrected chi connectivity index (χ4v) is 3.26. The largest absolute Gasteiger partial charge is 0.486 e. The molecule has 34 heavy (non-hydrogen) atoms. The third-order valence-corrected chi connectivity index (χ3v) is 4.80. The minimum Gasteiger partial charge on any atom is -0.486 e. The van der Waals surface area contributed by atoms with Crippen molar-refractivity contribution in [2.24, 2.45) is 0 Å². The highest BCUT2D eigenvalue weighted by Gasteiger charge is 2.13. The first-order valence-corrected chi connectivity index (χ1v) is 10.6. The Morgan fingerprint density at radius 3 is 2.18 bits per heavy atom. The first-order valence-electron chi connectivity index (χ1n) is 10.6. The first-order chi connectivity index (χ1) is 16.7. The molecule has 1 aliphatic heterocycles. The van der Waals surface area contributed by atoms with Gasteiger partial charge in [-0.3, -0.25) is 0 Å². The number of anilines is 6. The number of aromatic nitrogens is 3. The zero-order chi connectivity index (χ0) is 23.2. The highest BCUT2D eigenvalue weighted by Crippen LogP contribution is 2.32. The van der Waals surface area contributed by atoms with Gasteiger partial charge in [0.25, 0.3) is 0 Å². The van der Waals surface area contributed by atoms with Gasteiger partial charge in [0.15, 0.2) is 11.5 Å². The molecule has 4 N–H and O–H groups in total. The number of carbonyl (C=O) groups is 1. The van der Waals surface area contributed by atoms with Gasteiger partial charge < -0.3 is 30.7 Å². The lowest BCUT2D eigenvalue weighted by atomic mass is 10.2. The van der Waals surface area contributed by atoms with Crippen molar-refractivity contribution in [2.75, 3.05) is 34.5 Å². The van der Waals surface area contributed by atoms with E-state index < -0.39 is 0 Å². The second-order valence-electron chi connectivity index (χ2n) is 7.27. The van der Waals surface area contributed by atoms with E-state index in [1.54, 1.807) is 42.6 Å². The van der Waals surface area contributed by atoms with Crippen LogP contribution in [0.1, 0.15) is 0 Å². The molecule has 2 amide bonds. The number of ether oxygens (including phenoxy) is 2. The summed E-state index contributed by atoms with van der Waals surface area (Å²) in [5, 5.41) is 11.9. The second-order valence-corrected chi connectivity index (χ2v) is 7.27. The van der Waals surface area contributed by atoms with Crippen LogP contribution in [0.5, 0.6) is 11.5 Å². The Morgan fingerprint density at radius 1 is 0.676 bits per heavy atom. The Kier molecular flexibility index (Phi) is 6.02. The van der Waals surface area contributed by atoms with E-state index in [4.69, 9.17) is 9.47 Å². The Morgan fingerprint density at radius 2 is 1.38 bits per heavy atom. The highest BCUT2D eigenvalue weighted by molar-refractivity contribution is 6.00. The van der Waals surface area contributed by atoms with Crippen LogP contribution >= 0.6 is 0 Å². The van der Waals surface area contributed by atoms with Crippen molar-refractivity contribution in [3.8, 4) is 11.5 Å². The van der Waals surface area contributed by atoms with Gasteiger partial charge in [0.2, 0.25) is 0 Å². The molecule has 4 aromatic rings. The molecule has 10 nitrogen and oxygen atoms in total. The van der Waals surface area contributed by atoms with E-state index in [9.17, 15) is 4.79 Å². The normalized spacial score (nSPS) is 11.9. The van der Waals surface area contributed by atoms with Crippen molar-refractivity contribution < 1.29 is 14.3 Å². The summed E-state index contributed by atoms with van der Waals surface area (Å²) in [6.45, 7) is 1.01. The van der Waals surface area contributed by atoms with Gasteiger partial charge in [0.1, 0.15) is 37.0 Å². The molecule has 2 aromatic heterocycles. The fourth-order valence-electron chi connectivity index (χ4n) is 3.26. The van der Waals surface area contributed by atoms with E-state index in [2.05, 4.69) is 36.2 Å². The van der Waals surface area contributed by atoms with Gasteiger partial charge in [-0.1, -0.05) is 6.07 Å². The Bertz CT molecular complexity index is 1280. The Labute approximate surface area is 195 Å². The molecule has 0 bridgehead atoms. The van der Waals surface area contributed by atoms with Crippen molar-refractivity contribution >= 4 is 40.5 Å². The number of benzene rings is 2. The van der Waals surface area contributed by atoms with Gasteiger partial charge in [-0.25, -0.2) is 19.7 Å². The van der Waals surface area contributed by atoms with Crippen LogP contribution in [0.15, 0.2) is 79.3 Å². The molecular formula is C24H21N7O3. The molecule has 0 unspecified atom stereocenters. The number of nitrogens with one attached hydrogen (secondary N) is 4. The van der Waals surface area contributed by atoms with E-state index >= 15 is 0 Å². The van der Waals surface area contributed by atoms with Gasteiger partial charge in [0, 0.05) is 35.4 Å². The number of urea groups is 1. The Hall–Kier alpha value is -4.86. The number of nitrogens with zero attached hydrogens (tertiary/aromatic N) is 3. The predicted molar refractivity (Wildman–Crippen MR) is 129 cm³/mol. The number of hydrogen-bond donors (Lipinski definition) is 4. The van der Waals surface area contributed by atoms with Crippen LogP contribution in [0, 0.1) is 0 Å². The third-order valence-electron chi connectivity index (χ3n) is 4.80. The van der Waals surface area contributed by atoms with Gasteiger partial charge in [-0.2, -0.15) is 0 Å². The van der Waals surface area contributed by atoms with Crippen LogP contribution in [-0.4, -0.2) is 34.2 Å². The van der Waals surface area contributed by atoms with Crippen molar-refractivity contribution in [3.05, 3.63) is 79.3 Å². The number of pyridine rings is 1. The first kappa shape index (κ1) is 21.0. The monoisotopic (exact) mass is 455 g/mol. The predicted octanol–water partition coefficient (Wildman–Crippen LogP) is 4.77. The molecule has 1 aliphatic rings. The summed E-state index contributed by atoms with van der Waals surface area (Å²) < 4.78 is 11.0. The van der Waals surface area contributed by atoms with Crippen molar-refractivity contribution in [1.29, 1.82) is 0 Å². The average molecular weight is 455 g/mol. The maximum absolute atomic E-state index is 12.4. The van der Waals surface area contributed by atoms with Gasteiger partial charge >= 0.3 is 6.03 Å². The molecule has 10 heteroatoms. The molecule has 0 radical (unpaired) electrons. The number of fused-ring (bicyclic) bond motifs is 1. The molecule has 0 saturated heterocycles. The summed E-state index contributed by atoms with van der Waals surface area (Å²) in [7, 11) is 0. The summed E-state index contributed by atoms with van der Waals surface area (Å²) in [4.78, 5) is 25.1. The summed E-state index contributed by atoms with van der Waals surface area (Å²) in [5.41, 5.74) is 2.06. The highest BCUT2D eigenvalue weighted by atomic mass is 16.6. The second kappa shape index (κ2) is 9.74. The maximum Gasteiger partial charge on any atom is 0.323 e. The quantitative estimate of drug-likeness (QED) is 0.328. The number of carbonyl (C=O) groups excluding carboxylic acids is 1. The van der Waals surface area contributed by atoms with Crippen LogP contribution in [0.4, 0.5) is 39.3 Å². The third kappa shape index (κ3) is 5.30. The number of rotatable bonds is 6. The average Bonchev–Trinajstić information content (AvgIpc) is 2.86. The van der Waals surface area contributed by atoms with E-state index in [-0.39, 0.29) is 6.03 Å². The fraction of sp³-hybridized carbons (Fsp3) is 0.0833. The topological polar surface area (TPSA) is 122 Å². The van der Waals surface area contributed by atoms with Crippen LogP contribution in [0.25, 0.3) is 0 Å². The molecule has 0 spiro atoms. The molecule has 0 fully saturated rings. The molecule has 5 rings (SSSR count). The minimum absolute atomic E-state index is 0.363. The molecule has 170 valence electrons. The van der Waals surface area contributed by atoms with E-state index in [0.717, 1.165) is 5.69 Å². The van der Waals surface area contributed by atoms with Crippen molar-refractivity contribution in [2.45, 2.75) is 0 Å². The van der Waals surface area contributed by atoms with E-state index in [1.807, 2.05) is 30.3 Å². The van der Waals surface area contributed by atoms with Crippen molar-refractivity contribution in [1.82, 2.24) is 15.0 Å². The van der Waals surface area contributed by atoms with Crippen molar-refractivity contribution in [3.63, 3.8) is 0 Å². The number of hydrogen-bond acceptors (Lipinski definition) is 8. The summed E-state index contributed by atoms with van der Waals surface area (Å²) >= 11 is 0. The summed E-state index contributed by atoms with van der Waals surface area (Å²) in [6.07, 6.45) is 3.17. The zero-order valence-electron chi connectivity index (χ0n) is 18.0. The number of amides is 2. The molecule has 0 aliphatic carbocycles. The minimum atomic E-state index is -0.363. The molecular weight excluding hydrogens is 434 g/mol. The lowest BCUT2D eigenvalue weighted by Gasteiger charge is -2.19. The Balaban J connectivity index is 1.17. The lowest BCUT2D eigenvalue weighted by molar-refractivity contribution is 0.171. The van der Waals surface area contributed by atoms with Crippen LogP contribution in [-0.2, 0) is 0 Å². The zero-order valence-corrected chi connectivity index (χ0v) is 18.0. The van der Waals surface area contributed by atoms with Crippen LogP contribution in [0.3, 0.4) is 0 Å². The van der Waals surface area contributed by atoms with E-state index in [1.165, 1.54) is 6.33 Å². The lowest BCUT2D eigenvalue weighted by Crippen LogP contribution is -2.20. The standard InChI is InChI=1S/C24H21N7O3/c32-24(30-18-8-9-19-20(13-18)34-12-11-33-19)29-17-6-4-16(5-7-17)28-22-14-23(27-15-26-22)31-21-3-1-2-10-25-21/h1-10,13-15H,11-12H2,(H2,29,30,32)(H2,25,26,27,28,31). The van der Waals surface area contributed by atoms with Gasteiger partial charge in [-0.05, 0) is 48.5 Å². The molecule has 2 aromatic carbocycles. The van der Waals surface area contributed by atoms with Gasteiger partial charge in [-0.15, -0.1) is 0 Å². The van der Waals surface area contributed by atoms with Crippen LogP contribution in [0.2, 0.25) is 0 Å². The van der Waals surface area contributed by atoms with Gasteiger partial charge in [0.05, 0.1) is 0 Å². The summed E-state index contributed by atoms with van der Waals surface area (Å²) in [5.74, 6) is 3.21. The van der Waals surface area contributed by atoms with E-state index in [0.29, 0.717) is 53.5 Å². The van der Waals surface area contributed by atoms with Crippen LogP contribution < -0.4 is 30.7 Å². The molecule has 0 saturated carbocycles. The SMILES string of the molecule is O=C(Nc1ccc(Nc2cc(Nc3ccccn3)ncn2)cc1)Nc1ccc2c(c1)OCCO2. The maximum atomic E-state index is 12.4. The molecule has 3 heterocycles. The smallest absolute Gasteiger partial charge is 0.323 e. The summed E-state index contributed by atoms with van der Waals surface area (Å²) in [6, 6.07) is 19.5. The molecule has 0 atom stereocenters.